The zero-order valence-corrected chi connectivity index (χ0v) is 16.7. The number of nitrogens with zero attached hydrogens (tertiary/aromatic N) is 2. The van der Waals surface area contributed by atoms with Gasteiger partial charge in [0, 0.05) is 38.3 Å². The second kappa shape index (κ2) is 8.56. The van der Waals surface area contributed by atoms with Crippen LogP contribution in [0.15, 0.2) is 46.9 Å². The fourth-order valence-electron chi connectivity index (χ4n) is 3.09. The summed E-state index contributed by atoms with van der Waals surface area (Å²) in [4.78, 5) is 16.9. The van der Waals surface area contributed by atoms with Crippen molar-refractivity contribution in [1.29, 1.82) is 0 Å². The minimum absolute atomic E-state index is 0.0829. The molecule has 1 aliphatic heterocycles. The van der Waals surface area contributed by atoms with Gasteiger partial charge in [0.1, 0.15) is 11.5 Å². The second-order valence-electron chi connectivity index (χ2n) is 6.27. The first-order valence-electron chi connectivity index (χ1n) is 8.59. The summed E-state index contributed by atoms with van der Waals surface area (Å²) in [5.41, 5.74) is 1.94. The Morgan fingerprint density at radius 1 is 1.00 bits per heavy atom. The molecule has 1 saturated heterocycles. The van der Waals surface area contributed by atoms with E-state index in [1.807, 2.05) is 35.2 Å². The highest BCUT2D eigenvalue weighted by Gasteiger charge is 2.22. The molecule has 3 rings (SSSR count). The highest BCUT2D eigenvalue weighted by atomic mass is 79.9. The molecule has 1 fully saturated rings. The predicted molar refractivity (Wildman–Crippen MR) is 105 cm³/mol. The number of hydrogen-bond donors (Lipinski definition) is 0. The summed E-state index contributed by atoms with van der Waals surface area (Å²) in [6.07, 6.45) is 0. The standard InChI is InChI=1S/C20H23BrN2O3/c1-25-17-6-4-16(5-7-17)20(24)23-11-9-22(10-12-23)14-15-3-8-19(26-2)18(21)13-15/h3-8,13H,9-12,14H2,1-2H3. The summed E-state index contributed by atoms with van der Waals surface area (Å²) >= 11 is 3.53. The van der Waals surface area contributed by atoms with Gasteiger partial charge in [0.15, 0.2) is 0 Å². The Hall–Kier alpha value is -2.05. The molecule has 138 valence electrons. The lowest BCUT2D eigenvalue weighted by Crippen LogP contribution is -2.48. The van der Waals surface area contributed by atoms with Gasteiger partial charge < -0.3 is 14.4 Å². The summed E-state index contributed by atoms with van der Waals surface area (Å²) in [7, 11) is 3.29. The average molecular weight is 419 g/mol. The zero-order valence-electron chi connectivity index (χ0n) is 15.1. The lowest BCUT2D eigenvalue weighted by Gasteiger charge is -2.34. The molecule has 0 radical (unpaired) electrons. The fourth-order valence-corrected chi connectivity index (χ4v) is 3.68. The normalized spacial score (nSPS) is 15.0. The van der Waals surface area contributed by atoms with Crippen LogP contribution in [0.5, 0.6) is 11.5 Å². The van der Waals surface area contributed by atoms with Crippen LogP contribution in [0.3, 0.4) is 0 Å². The summed E-state index contributed by atoms with van der Waals surface area (Å²) in [5.74, 6) is 1.68. The van der Waals surface area contributed by atoms with Gasteiger partial charge in [-0.25, -0.2) is 0 Å². The van der Waals surface area contributed by atoms with E-state index < -0.39 is 0 Å². The maximum Gasteiger partial charge on any atom is 0.253 e. The molecule has 0 unspecified atom stereocenters. The smallest absolute Gasteiger partial charge is 0.253 e. The number of rotatable bonds is 5. The van der Waals surface area contributed by atoms with Crippen molar-refractivity contribution >= 4 is 21.8 Å². The third kappa shape index (κ3) is 4.37. The van der Waals surface area contributed by atoms with Crippen LogP contribution in [0.2, 0.25) is 0 Å². The monoisotopic (exact) mass is 418 g/mol. The van der Waals surface area contributed by atoms with E-state index >= 15 is 0 Å². The van der Waals surface area contributed by atoms with Gasteiger partial charge in [-0.2, -0.15) is 0 Å². The maximum absolute atomic E-state index is 12.6. The quantitative estimate of drug-likeness (QED) is 0.745. The number of amides is 1. The minimum Gasteiger partial charge on any atom is -0.497 e. The molecule has 2 aromatic carbocycles. The van der Waals surface area contributed by atoms with Crippen molar-refractivity contribution in [3.05, 3.63) is 58.1 Å². The Bertz CT molecular complexity index is 756. The van der Waals surface area contributed by atoms with E-state index in [0.717, 1.165) is 48.7 Å². The molecule has 26 heavy (non-hydrogen) atoms. The molecule has 0 saturated carbocycles. The Morgan fingerprint density at radius 2 is 1.69 bits per heavy atom. The average Bonchev–Trinajstić information content (AvgIpc) is 2.68. The van der Waals surface area contributed by atoms with Crippen molar-refractivity contribution in [2.45, 2.75) is 6.54 Å². The van der Waals surface area contributed by atoms with Gasteiger partial charge in [0.2, 0.25) is 0 Å². The third-order valence-electron chi connectivity index (χ3n) is 4.62. The van der Waals surface area contributed by atoms with Crippen LogP contribution in [-0.2, 0) is 6.54 Å². The number of halogens is 1. The summed E-state index contributed by atoms with van der Waals surface area (Å²) < 4.78 is 11.4. The number of carbonyl (C=O) groups is 1. The van der Waals surface area contributed by atoms with Gasteiger partial charge in [-0.3, -0.25) is 9.69 Å². The Labute approximate surface area is 162 Å². The molecule has 0 N–H and O–H groups in total. The van der Waals surface area contributed by atoms with Crippen molar-refractivity contribution < 1.29 is 14.3 Å². The summed E-state index contributed by atoms with van der Waals surface area (Å²) in [6, 6.07) is 13.4. The largest absolute Gasteiger partial charge is 0.497 e. The van der Waals surface area contributed by atoms with Gasteiger partial charge in [-0.1, -0.05) is 6.07 Å². The van der Waals surface area contributed by atoms with E-state index in [4.69, 9.17) is 9.47 Å². The second-order valence-corrected chi connectivity index (χ2v) is 7.12. The third-order valence-corrected chi connectivity index (χ3v) is 5.24. The molecule has 2 aromatic rings. The zero-order chi connectivity index (χ0) is 18.5. The van der Waals surface area contributed by atoms with Gasteiger partial charge in [0.05, 0.1) is 18.7 Å². The number of hydrogen-bond acceptors (Lipinski definition) is 4. The molecule has 0 bridgehead atoms. The van der Waals surface area contributed by atoms with Crippen LogP contribution in [0.4, 0.5) is 0 Å². The molecule has 1 heterocycles. The van der Waals surface area contributed by atoms with E-state index in [-0.39, 0.29) is 5.91 Å². The van der Waals surface area contributed by atoms with Crippen LogP contribution < -0.4 is 9.47 Å². The van der Waals surface area contributed by atoms with Gasteiger partial charge >= 0.3 is 0 Å². The molecule has 0 spiro atoms. The first-order valence-corrected chi connectivity index (χ1v) is 9.38. The molecule has 0 aliphatic carbocycles. The molecule has 1 amide bonds. The van der Waals surface area contributed by atoms with E-state index in [1.54, 1.807) is 14.2 Å². The van der Waals surface area contributed by atoms with Crippen molar-refractivity contribution in [1.82, 2.24) is 9.80 Å². The van der Waals surface area contributed by atoms with Crippen LogP contribution in [0.25, 0.3) is 0 Å². The molecule has 0 aromatic heterocycles. The topological polar surface area (TPSA) is 42.0 Å². The summed E-state index contributed by atoms with van der Waals surface area (Å²) in [6.45, 7) is 4.08. The Balaban J connectivity index is 1.55. The maximum atomic E-state index is 12.6. The van der Waals surface area contributed by atoms with E-state index in [2.05, 4.69) is 33.0 Å². The molecule has 1 aliphatic rings. The molecule has 5 nitrogen and oxygen atoms in total. The minimum atomic E-state index is 0.0829. The highest BCUT2D eigenvalue weighted by Crippen LogP contribution is 2.26. The van der Waals surface area contributed by atoms with E-state index in [1.165, 1.54) is 5.56 Å². The number of ether oxygens (including phenoxy) is 2. The van der Waals surface area contributed by atoms with Crippen molar-refractivity contribution in [2.24, 2.45) is 0 Å². The highest BCUT2D eigenvalue weighted by molar-refractivity contribution is 9.10. The van der Waals surface area contributed by atoms with E-state index in [9.17, 15) is 4.79 Å². The lowest BCUT2D eigenvalue weighted by atomic mass is 10.1. The number of methoxy groups -OCH3 is 2. The first kappa shape index (κ1) is 18.7. The van der Waals surface area contributed by atoms with Gasteiger partial charge in [-0.15, -0.1) is 0 Å². The number of piperazine rings is 1. The SMILES string of the molecule is COc1ccc(C(=O)N2CCN(Cc3ccc(OC)c(Br)c3)CC2)cc1. The molecular formula is C20H23BrN2O3. The number of benzene rings is 2. The van der Waals surface area contributed by atoms with Gasteiger partial charge in [-0.05, 0) is 57.9 Å². The van der Waals surface area contributed by atoms with Crippen molar-refractivity contribution in [2.75, 3.05) is 40.4 Å². The van der Waals surface area contributed by atoms with Crippen LogP contribution in [0, 0.1) is 0 Å². The van der Waals surface area contributed by atoms with E-state index in [0.29, 0.717) is 5.56 Å². The number of carbonyl (C=O) groups excluding carboxylic acids is 1. The van der Waals surface area contributed by atoms with Crippen LogP contribution in [0.1, 0.15) is 15.9 Å². The van der Waals surface area contributed by atoms with Crippen molar-refractivity contribution in [3.63, 3.8) is 0 Å². The molecular weight excluding hydrogens is 396 g/mol. The lowest BCUT2D eigenvalue weighted by molar-refractivity contribution is 0.0628. The van der Waals surface area contributed by atoms with Crippen LogP contribution in [-0.4, -0.2) is 56.1 Å². The molecule has 6 heteroatoms. The van der Waals surface area contributed by atoms with Gasteiger partial charge in [0.25, 0.3) is 5.91 Å². The first-order chi connectivity index (χ1) is 12.6. The predicted octanol–water partition coefficient (Wildman–Crippen LogP) is 3.42. The van der Waals surface area contributed by atoms with Crippen LogP contribution >= 0.6 is 15.9 Å². The fraction of sp³-hybridized carbons (Fsp3) is 0.350. The molecule has 0 atom stereocenters. The Kier molecular flexibility index (Phi) is 6.16. The van der Waals surface area contributed by atoms with Crippen molar-refractivity contribution in [3.8, 4) is 11.5 Å². The Morgan fingerprint density at radius 3 is 2.27 bits per heavy atom. The summed E-state index contributed by atoms with van der Waals surface area (Å²) in [5, 5.41) is 0.